The molecule has 0 amide bonds. The number of fused-ring (bicyclic) bond motifs is 1. The van der Waals surface area contributed by atoms with Gasteiger partial charge in [0, 0.05) is 0 Å². The molecule has 0 bridgehead atoms. The van der Waals surface area contributed by atoms with Crippen LogP contribution >= 0.6 is 0 Å². The Bertz CT molecular complexity index is 513. The van der Waals surface area contributed by atoms with Crippen molar-refractivity contribution in [2.24, 2.45) is 5.92 Å². The SMILES string of the molecule is Nc1nc(CC2CCCCC2)c2[nH]cnc2n1. The van der Waals surface area contributed by atoms with Crippen LogP contribution in [0.2, 0.25) is 0 Å². The van der Waals surface area contributed by atoms with Crippen LogP contribution in [-0.4, -0.2) is 19.9 Å². The second kappa shape index (κ2) is 4.31. The third kappa shape index (κ3) is 2.09. The molecule has 1 fully saturated rings. The molecule has 2 aromatic heterocycles. The fourth-order valence-corrected chi connectivity index (χ4v) is 2.72. The van der Waals surface area contributed by atoms with Gasteiger partial charge in [-0.2, -0.15) is 4.98 Å². The van der Waals surface area contributed by atoms with E-state index in [9.17, 15) is 0 Å². The van der Waals surface area contributed by atoms with Gasteiger partial charge in [0.2, 0.25) is 5.95 Å². The van der Waals surface area contributed by atoms with Crippen LogP contribution in [-0.2, 0) is 6.42 Å². The summed E-state index contributed by atoms with van der Waals surface area (Å²) in [5.41, 5.74) is 8.37. The second-order valence-corrected chi connectivity index (χ2v) is 4.84. The van der Waals surface area contributed by atoms with Gasteiger partial charge in [0.05, 0.1) is 12.0 Å². The second-order valence-electron chi connectivity index (χ2n) is 4.84. The zero-order valence-corrected chi connectivity index (χ0v) is 9.82. The van der Waals surface area contributed by atoms with E-state index in [0.717, 1.165) is 23.5 Å². The van der Waals surface area contributed by atoms with Crippen molar-refractivity contribution < 1.29 is 0 Å². The number of nitrogen functional groups attached to an aromatic ring is 1. The summed E-state index contributed by atoms with van der Waals surface area (Å²) in [4.78, 5) is 15.7. The fraction of sp³-hybridized carbons (Fsp3) is 0.583. The van der Waals surface area contributed by atoms with E-state index in [1.165, 1.54) is 32.1 Å². The normalized spacial score (nSPS) is 17.6. The number of hydrogen-bond donors (Lipinski definition) is 2. The van der Waals surface area contributed by atoms with E-state index in [-0.39, 0.29) is 0 Å². The average Bonchev–Trinajstić information content (AvgIpc) is 2.78. The zero-order chi connectivity index (χ0) is 11.7. The Labute approximate surface area is 99.9 Å². The van der Waals surface area contributed by atoms with Crippen molar-refractivity contribution in [3.05, 3.63) is 12.0 Å². The molecule has 2 aromatic rings. The molecule has 90 valence electrons. The maximum Gasteiger partial charge on any atom is 0.222 e. The number of imidazole rings is 1. The lowest BCUT2D eigenvalue weighted by atomic mass is 9.86. The maximum absolute atomic E-state index is 5.71. The first-order chi connectivity index (χ1) is 8.33. The topological polar surface area (TPSA) is 80.5 Å². The molecule has 0 atom stereocenters. The first-order valence-electron chi connectivity index (χ1n) is 6.28. The number of aromatic amines is 1. The standard InChI is InChI=1S/C12H17N5/c13-12-16-9(6-8-4-2-1-3-5-8)10-11(17-12)15-7-14-10/h7-8H,1-6H2,(H3,13,14,15,16,17). The van der Waals surface area contributed by atoms with E-state index in [1.807, 2.05) is 0 Å². The number of anilines is 1. The van der Waals surface area contributed by atoms with E-state index >= 15 is 0 Å². The summed E-state index contributed by atoms with van der Waals surface area (Å²) in [6, 6.07) is 0. The van der Waals surface area contributed by atoms with Gasteiger partial charge in [-0.15, -0.1) is 0 Å². The summed E-state index contributed by atoms with van der Waals surface area (Å²) >= 11 is 0. The van der Waals surface area contributed by atoms with Gasteiger partial charge in [-0.05, 0) is 12.3 Å². The number of hydrogen-bond acceptors (Lipinski definition) is 4. The van der Waals surface area contributed by atoms with Crippen molar-refractivity contribution in [3.63, 3.8) is 0 Å². The highest BCUT2D eigenvalue weighted by Crippen LogP contribution is 2.27. The van der Waals surface area contributed by atoms with E-state index in [1.54, 1.807) is 6.33 Å². The highest BCUT2D eigenvalue weighted by atomic mass is 15.1. The summed E-state index contributed by atoms with van der Waals surface area (Å²) in [7, 11) is 0. The van der Waals surface area contributed by atoms with E-state index < -0.39 is 0 Å². The van der Waals surface area contributed by atoms with Crippen molar-refractivity contribution in [1.29, 1.82) is 0 Å². The predicted molar refractivity (Wildman–Crippen MR) is 66.4 cm³/mol. The molecule has 1 aliphatic carbocycles. The number of nitrogens with two attached hydrogens (primary N) is 1. The van der Waals surface area contributed by atoms with Crippen molar-refractivity contribution in [3.8, 4) is 0 Å². The van der Waals surface area contributed by atoms with Gasteiger partial charge in [0.1, 0.15) is 5.52 Å². The van der Waals surface area contributed by atoms with Crippen LogP contribution in [0.4, 0.5) is 5.95 Å². The molecule has 0 unspecified atom stereocenters. The number of H-pyrrole nitrogens is 1. The van der Waals surface area contributed by atoms with Gasteiger partial charge in [-0.3, -0.25) is 0 Å². The Balaban J connectivity index is 1.90. The summed E-state index contributed by atoms with van der Waals surface area (Å²) in [6.45, 7) is 0. The van der Waals surface area contributed by atoms with E-state index in [0.29, 0.717) is 11.6 Å². The Hall–Kier alpha value is -1.65. The molecule has 5 nitrogen and oxygen atoms in total. The lowest BCUT2D eigenvalue weighted by molar-refractivity contribution is 0.355. The van der Waals surface area contributed by atoms with Gasteiger partial charge >= 0.3 is 0 Å². The van der Waals surface area contributed by atoms with Crippen LogP contribution in [0.1, 0.15) is 37.8 Å². The average molecular weight is 231 g/mol. The monoisotopic (exact) mass is 231 g/mol. The summed E-state index contributed by atoms with van der Waals surface area (Å²) in [6.07, 6.45) is 9.32. The van der Waals surface area contributed by atoms with Gasteiger partial charge in [0.25, 0.3) is 0 Å². The summed E-state index contributed by atoms with van der Waals surface area (Å²) < 4.78 is 0. The quantitative estimate of drug-likeness (QED) is 0.829. The molecule has 3 N–H and O–H groups in total. The van der Waals surface area contributed by atoms with Crippen LogP contribution in [0.3, 0.4) is 0 Å². The molecule has 0 saturated heterocycles. The maximum atomic E-state index is 5.71. The lowest BCUT2D eigenvalue weighted by Crippen LogP contribution is -2.11. The van der Waals surface area contributed by atoms with Gasteiger partial charge in [-0.1, -0.05) is 32.1 Å². The van der Waals surface area contributed by atoms with Crippen molar-refractivity contribution in [1.82, 2.24) is 19.9 Å². The molecule has 0 aliphatic heterocycles. The Kier molecular flexibility index (Phi) is 2.66. The smallest absolute Gasteiger partial charge is 0.222 e. The molecular formula is C12H17N5. The van der Waals surface area contributed by atoms with Crippen LogP contribution in [0, 0.1) is 5.92 Å². The van der Waals surface area contributed by atoms with Crippen molar-refractivity contribution in [2.45, 2.75) is 38.5 Å². The molecule has 0 spiro atoms. The molecule has 0 aromatic carbocycles. The highest BCUT2D eigenvalue weighted by Gasteiger charge is 2.17. The molecular weight excluding hydrogens is 214 g/mol. The van der Waals surface area contributed by atoms with Crippen molar-refractivity contribution in [2.75, 3.05) is 5.73 Å². The molecule has 17 heavy (non-hydrogen) atoms. The molecule has 3 rings (SSSR count). The molecule has 2 heterocycles. The Morgan fingerprint density at radius 1 is 1.24 bits per heavy atom. The highest BCUT2D eigenvalue weighted by molar-refractivity contribution is 5.73. The van der Waals surface area contributed by atoms with Gasteiger partial charge in [0.15, 0.2) is 5.65 Å². The first kappa shape index (κ1) is 10.5. The number of rotatable bonds is 2. The van der Waals surface area contributed by atoms with E-state index in [2.05, 4.69) is 19.9 Å². The molecule has 1 saturated carbocycles. The lowest BCUT2D eigenvalue weighted by Gasteiger charge is -2.21. The Morgan fingerprint density at radius 2 is 2.06 bits per heavy atom. The first-order valence-corrected chi connectivity index (χ1v) is 6.28. The van der Waals surface area contributed by atoms with Crippen LogP contribution in [0.25, 0.3) is 11.2 Å². The fourth-order valence-electron chi connectivity index (χ4n) is 2.72. The largest absolute Gasteiger partial charge is 0.368 e. The van der Waals surface area contributed by atoms with Crippen LogP contribution in [0.15, 0.2) is 6.33 Å². The minimum atomic E-state index is 0.329. The molecule has 0 radical (unpaired) electrons. The molecule has 1 aliphatic rings. The number of nitrogens with one attached hydrogen (secondary N) is 1. The summed E-state index contributed by atoms with van der Waals surface area (Å²) in [5.74, 6) is 1.07. The molecule has 5 heteroatoms. The van der Waals surface area contributed by atoms with Gasteiger partial charge in [-0.25, -0.2) is 9.97 Å². The van der Waals surface area contributed by atoms with Gasteiger partial charge < -0.3 is 10.7 Å². The predicted octanol–water partition coefficient (Wildman–Crippen LogP) is 2.06. The third-order valence-corrected chi connectivity index (χ3v) is 3.58. The van der Waals surface area contributed by atoms with Crippen molar-refractivity contribution >= 4 is 17.1 Å². The minimum Gasteiger partial charge on any atom is -0.368 e. The number of aromatic nitrogens is 4. The zero-order valence-electron chi connectivity index (χ0n) is 9.82. The van der Waals surface area contributed by atoms with Crippen LogP contribution < -0.4 is 5.73 Å². The summed E-state index contributed by atoms with van der Waals surface area (Å²) in [5, 5.41) is 0. The van der Waals surface area contributed by atoms with E-state index in [4.69, 9.17) is 5.73 Å². The van der Waals surface area contributed by atoms with Crippen LogP contribution in [0.5, 0.6) is 0 Å². The number of nitrogens with zero attached hydrogens (tertiary/aromatic N) is 3. The third-order valence-electron chi connectivity index (χ3n) is 3.58. The Morgan fingerprint density at radius 3 is 2.88 bits per heavy atom. The minimum absolute atomic E-state index is 0.329.